The highest BCUT2D eigenvalue weighted by atomic mass is 16.5. The molecular weight excluding hydrogens is 266 g/mol. The number of hydrogen-bond acceptors (Lipinski definition) is 5. The Hall–Kier alpha value is -1.82. The van der Waals surface area contributed by atoms with Crippen LogP contribution in [-0.2, 0) is 4.74 Å². The van der Waals surface area contributed by atoms with Crippen LogP contribution in [0.5, 0.6) is 0 Å². The van der Waals surface area contributed by atoms with E-state index >= 15 is 0 Å². The highest BCUT2D eigenvalue weighted by Gasteiger charge is 2.20. The first kappa shape index (κ1) is 14.1. The monoisotopic (exact) mass is 289 g/mol. The molecule has 0 bridgehead atoms. The second-order valence-corrected chi connectivity index (χ2v) is 5.52. The van der Waals surface area contributed by atoms with Crippen molar-refractivity contribution in [2.75, 3.05) is 36.5 Å². The standard InChI is InChI=1S/C15H23N5O/c1-3-5-16-13-11-20-8-6-17-14(20)15(18-13)19-7-4-9-21-12(2)10-19/h6,8,11-12,16H,3-5,7,9-10H2,1-2H3. The average Bonchev–Trinajstić information content (AvgIpc) is 2.85. The van der Waals surface area contributed by atoms with E-state index in [1.54, 1.807) is 0 Å². The fourth-order valence-electron chi connectivity index (χ4n) is 2.65. The molecule has 1 unspecified atom stereocenters. The number of nitrogens with zero attached hydrogens (tertiary/aromatic N) is 4. The third-order valence-corrected chi connectivity index (χ3v) is 3.66. The lowest BCUT2D eigenvalue weighted by atomic mass is 10.3. The number of fused-ring (bicyclic) bond motifs is 1. The fourth-order valence-corrected chi connectivity index (χ4v) is 2.65. The van der Waals surface area contributed by atoms with Crippen LogP contribution in [0.25, 0.3) is 5.65 Å². The van der Waals surface area contributed by atoms with E-state index in [1.165, 1.54) is 0 Å². The third kappa shape index (κ3) is 3.10. The molecule has 1 atom stereocenters. The number of nitrogens with one attached hydrogen (secondary N) is 1. The Labute approximate surface area is 125 Å². The first-order valence-corrected chi connectivity index (χ1v) is 7.72. The Morgan fingerprint density at radius 3 is 3.24 bits per heavy atom. The smallest absolute Gasteiger partial charge is 0.180 e. The van der Waals surface area contributed by atoms with Crippen LogP contribution in [0.1, 0.15) is 26.7 Å². The van der Waals surface area contributed by atoms with E-state index in [-0.39, 0.29) is 6.10 Å². The van der Waals surface area contributed by atoms with Crippen LogP contribution in [-0.4, -0.2) is 46.7 Å². The third-order valence-electron chi connectivity index (χ3n) is 3.66. The summed E-state index contributed by atoms with van der Waals surface area (Å²) in [7, 11) is 0. The zero-order valence-corrected chi connectivity index (χ0v) is 12.7. The normalized spacial score (nSPS) is 19.7. The predicted molar refractivity (Wildman–Crippen MR) is 84.0 cm³/mol. The lowest BCUT2D eigenvalue weighted by molar-refractivity contribution is 0.0820. The molecule has 2 aromatic heterocycles. The van der Waals surface area contributed by atoms with Crippen molar-refractivity contribution in [2.45, 2.75) is 32.8 Å². The summed E-state index contributed by atoms with van der Waals surface area (Å²) in [4.78, 5) is 11.5. The van der Waals surface area contributed by atoms with Gasteiger partial charge in [-0.25, -0.2) is 9.97 Å². The Kier molecular flexibility index (Phi) is 4.24. The lowest BCUT2D eigenvalue weighted by Crippen LogP contribution is -2.31. The largest absolute Gasteiger partial charge is 0.377 e. The van der Waals surface area contributed by atoms with E-state index in [1.807, 2.05) is 23.0 Å². The van der Waals surface area contributed by atoms with E-state index in [9.17, 15) is 0 Å². The van der Waals surface area contributed by atoms with Gasteiger partial charge in [-0.05, 0) is 19.8 Å². The minimum atomic E-state index is 0.219. The van der Waals surface area contributed by atoms with E-state index in [0.717, 1.165) is 56.4 Å². The highest BCUT2D eigenvalue weighted by molar-refractivity contribution is 5.67. The molecule has 0 aromatic carbocycles. The molecule has 114 valence electrons. The molecule has 3 heterocycles. The van der Waals surface area contributed by atoms with Crippen molar-refractivity contribution >= 4 is 17.3 Å². The van der Waals surface area contributed by atoms with Gasteiger partial charge in [-0.2, -0.15) is 0 Å². The van der Waals surface area contributed by atoms with Gasteiger partial charge in [0.1, 0.15) is 5.82 Å². The number of rotatable bonds is 4. The van der Waals surface area contributed by atoms with Crippen molar-refractivity contribution < 1.29 is 4.74 Å². The number of imidazole rings is 1. The SMILES string of the molecule is CCCNc1cn2ccnc2c(N2CCCOC(C)C2)n1. The Morgan fingerprint density at radius 1 is 1.48 bits per heavy atom. The summed E-state index contributed by atoms with van der Waals surface area (Å²) < 4.78 is 7.77. The first-order valence-electron chi connectivity index (χ1n) is 7.72. The quantitative estimate of drug-likeness (QED) is 0.935. The van der Waals surface area contributed by atoms with Gasteiger partial charge in [0, 0.05) is 38.6 Å². The minimum absolute atomic E-state index is 0.219. The zero-order chi connectivity index (χ0) is 14.7. The molecule has 1 N–H and O–H groups in total. The van der Waals surface area contributed by atoms with Crippen molar-refractivity contribution in [3.05, 3.63) is 18.6 Å². The van der Waals surface area contributed by atoms with Crippen molar-refractivity contribution in [1.29, 1.82) is 0 Å². The number of ether oxygens (including phenoxy) is 1. The molecule has 6 nitrogen and oxygen atoms in total. The fraction of sp³-hybridized carbons (Fsp3) is 0.600. The first-order chi connectivity index (χ1) is 10.3. The maximum atomic E-state index is 5.73. The molecule has 0 radical (unpaired) electrons. The topological polar surface area (TPSA) is 54.7 Å². The van der Waals surface area contributed by atoms with Crippen molar-refractivity contribution in [3.63, 3.8) is 0 Å². The molecule has 0 amide bonds. The Bertz CT molecular complexity index is 597. The van der Waals surface area contributed by atoms with Crippen LogP contribution in [0, 0.1) is 0 Å². The van der Waals surface area contributed by atoms with E-state index < -0.39 is 0 Å². The summed E-state index contributed by atoms with van der Waals surface area (Å²) in [5.41, 5.74) is 0.908. The molecule has 6 heteroatoms. The molecule has 3 rings (SSSR count). The van der Waals surface area contributed by atoms with E-state index in [0.29, 0.717) is 0 Å². The van der Waals surface area contributed by atoms with Crippen LogP contribution in [0.2, 0.25) is 0 Å². The van der Waals surface area contributed by atoms with Crippen molar-refractivity contribution in [2.24, 2.45) is 0 Å². The van der Waals surface area contributed by atoms with Crippen LogP contribution in [0.3, 0.4) is 0 Å². The van der Waals surface area contributed by atoms with Crippen LogP contribution < -0.4 is 10.2 Å². The lowest BCUT2D eigenvalue weighted by Gasteiger charge is -2.24. The maximum Gasteiger partial charge on any atom is 0.180 e. The van der Waals surface area contributed by atoms with Gasteiger partial charge in [0.25, 0.3) is 0 Å². The maximum absolute atomic E-state index is 5.73. The molecule has 1 aliphatic rings. The number of anilines is 2. The Balaban J connectivity index is 1.96. The molecule has 0 aliphatic carbocycles. The summed E-state index contributed by atoms with van der Waals surface area (Å²) in [6.45, 7) is 7.81. The van der Waals surface area contributed by atoms with Crippen LogP contribution in [0.15, 0.2) is 18.6 Å². The summed E-state index contributed by atoms with van der Waals surface area (Å²) in [6.07, 6.45) is 8.10. The summed E-state index contributed by atoms with van der Waals surface area (Å²) in [6, 6.07) is 0. The van der Waals surface area contributed by atoms with Crippen molar-refractivity contribution in [1.82, 2.24) is 14.4 Å². The van der Waals surface area contributed by atoms with Gasteiger partial charge in [-0.1, -0.05) is 6.92 Å². The van der Waals surface area contributed by atoms with Crippen LogP contribution in [0.4, 0.5) is 11.6 Å². The second-order valence-electron chi connectivity index (χ2n) is 5.52. The van der Waals surface area contributed by atoms with Gasteiger partial charge in [-0.3, -0.25) is 0 Å². The highest BCUT2D eigenvalue weighted by Crippen LogP contribution is 2.22. The van der Waals surface area contributed by atoms with E-state index in [2.05, 4.69) is 29.0 Å². The van der Waals surface area contributed by atoms with E-state index in [4.69, 9.17) is 9.72 Å². The Morgan fingerprint density at radius 2 is 2.38 bits per heavy atom. The molecular formula is C15H23N5O. The van der Waals surface area contributed by atoms with Gasteiger partial charge in [0.05, 0.1) is 12.3 Å². The molecule has 0 saturated carbocycles. The van der Waals surface area contributed by atoms with Crippen molar-refractivity contribution in [3.8, 4) is 0 Å². The average molecular weight is 289 g/mol. The second kappa shape index (κ2) is 6.30. The minimum Gasteiger partial charge on any atom is -0.377 e. The molecule has 2 aromatic rings. The predicted octanol–water partition coefficient (Wildman–Crippen LogP) is 2.17. The summed E-state index contributed by atoms with van der Waals surface area (Å²) >= 11 is 0. The van der Waals surface area contributed by atoms with Gasteiger partial charge < -0.3 is 19.4 Å². The number of hydrogen-bond donors (Lipinski definition) is 1. The molecule has 1 saturated heterocycles. The molecule has 21 heavy (non-hydrogen) atoms. The van der Waals surface area contributed by atoms with Gasteiger partial charge in [0.2, 0.25) is 0 Å². The van der Waals surface area contributed by atoms with Gasteiger partial charge in [0.15, 0.2) is 11.5 Å². The molecule has 1 fully saturated rings. The van der Waals surface area contributed by atoms with Crippen LogP contribution >= 0.6 is 0 Å². The van der Waals surface area contributed by atoms with Gasteiger partial charge in [-0.15, -0.1) is 0 Å². The molecule has 1 aliphatic heterocycles. The molecule has 0 spiro atoms. The number of aromatic nitrogens is 3. The van der Waals surface area contributed by atoms with Gasteiger partial charge >= 0.3 is 0 Å². The zero-order valence-electron chi connectivity index (χ0n) is 12.7. The summed E-state index contributed by atoms with van der Waals surface area (Å²) in [5.74, 6) is 1.84. The summed E-state index contributed by atoms with van der Waals surface area (Å²) in [5, 5.41) is 3.36.